The van der Waals surface area contributed by atoms with Crippen molar-refractivity contribution in [3.8, 4) is 0 Å². The van der Waals surface area contributed by atoms with E-state index in [-0.39, 0.29) is 5.92 Å². The van der Waals surface area contributed by atoms with Crippen molar-refractivity contribution in [3.63, 3.8) is 0 Å². The first-order valence-electron chi connectivity index (χ1n) is 9.61. The van der Waals surface area contributed by atoms with Gasteiger partial charge in [-0.2, -0.15) is 0 Å². The summed E-state index contributed by atoms with van der Waals surface area (Å²) in [5.74, 6) is 0.445. The molecular weight excluding hydrogens is 356 g/mol. The topological polar surface area (TPSA) is 41.4 Å². The zero-order valence-electron chi connectivity index (χ0n) is 15.5. The molecule has 0 unspecified atom stereocenters. The van der Waals surface area contributed by atoms with Gasteiger partial charge in [0.1, 0.15) is 0 Å². The second-order valence-corrected chi connectivity index (χ2v) is 8.61. The van der Waals surface area contributed by atoms with Crippen LogP contribution in [0.3, 0.4) is 0 Å². The lowest BCUT2D eigenvalue weighted by atomic mass is 9.94. The number of carbonyl (C=O) groups excluding carboxylic acids is 1. The van der Waals surface area contributed by atoms with Crippen LogP contribution in [-0.4, -0.2) is 44.4 Å². The van der Waals surface area contributed by atoms with Gasteiger partial charge in [0, 0.05) is 49.8 Å². The van der Waals surface area contributed by atoms with Crippen molar-refractivity contribution in [2.24, 2.45) is 13.0 Å². The normalized spacial score (nSPS) is 23.3. The Labute approximate surface area is 163 Å². The average molecular weight is 381 g/mol. The van der Waals surface area contributed by atoms with Crippen LogP contribution < -0.4 is 0 Å². The fourth-order valence-corrected chi connectivity index (χ4v) is 5.17. The maximum absolute atomic E-state index is 13.0. The molecule has 2 aromatic heterocycles. The first kappa shape index (κ1) is 17.0. The number of aromatic nitrogens is 2. The van der Waals surface area contributed by atoms with E-state index in [9.17, 15) is 4.79 Å². The molecular formula is C21H24N4OS. The summed E-state index contributed by atoms with van der Waals surface area (Å²) >= 11 is 1.60. The first-order valence-corrected chi connectivity index (χ1v) is 10.6. The van der Waals surface area contributed by atoms with Gasteiger partial charge in [0.25, 0.3) is 0 Å². The summed E-state index contributed by atoms with van der Waals surface area (Å²) in [6.07, 6.45) is 4.23. The SMILES string of the molecule is Cn1ccc2ccc(CN3C[C@@H]4CC[C@H](C3)N(Cc3cscn3)C4=O)cc21. The standard InChI is InChI=1S/C21H24N4OS/c1-23-7-6-16-3-2-15(8-20(16)23)9-24-10-17-4-5-19(12-24)25(21(17)26)11-18-13-27-14-22-18/h2-3,6-8,13-14,17,19H,4-5,9-12H2,1H3/t17-,19+/m0/s1. The molecule has 0 spiro atoms. The quantitative estimate of drug-likeness (QED) is 0.698. The zero-order valence-corrected chi connectivity index (χ0v) is 16.4. The van der Waals surface area contributed by atoms with Gasteiger partial charge >= 0.3 is 0 Å². The summed E-state index contributed by atoms with van der Waals surface area (Å²) in [4.78, 5) is 21.9. The van der Waals surface area contributed by atoms with Gasteiger partial charge in [0.15, 0.2) is 0 Å². The summed E-state index contributed by atoms with van der Waals surface area (Å²) in [6, 6.07) is 9.18. The molecule has 1 amide bonds. The van der Waals surface area contributed by atoms with E-state index in [4.69, 9.17) is 0 Å². The zero-order chi connectivity index (χ0) is 18.4. The van der Waals surface area contributed by atoms with Crippen molar-refractivity contribution in [2.75, 3.05) is 13.1 Å². The molecule has 0 aliphatic carbocycles. The molecule has 5 nitrogen and oxygen atoms in total. The Morgan fingerprint density at radius 1 is 1.19 bits per heavy atom. The molecule has 3 aliphatic heterocycles. The maximum atomic E-state index is 13.0. The first-order chi connectivity index (χ1) is 13.2. The number of thiazole rings is 1. The maximum Gasteiger partial charge on any atom is 0.227 e. The molecule has 2 atom stereocenters. The Morgan fingerprint density at radius 2 is 2.11 bits per heavy atom. The largest absolute Gasteiger partial charge is 0.351 e. The lowest BCUT2D eigenvalue weighted by Crippen LogP contribution is -2.47. The average Bonchev–Trinajstić information content (AvgIpc) is 3.22. The summed E-state index contributed by atoms with van der Waals surface area (Å²) < 4.78 is 2.17. The Bertz CT molecular complexity index is 964. The van der Waals surface area contributed by atoms with Crippen LogP contribution in [0.25, 0.3) is 10.9 Å². The minimum Gasteiger partial charge on any atom is -0.351 e. The van der Waals surface area contributed by atoms with Gasteiger partial charge in [-0.05, 0) is 35.9 Å². The van der Waals surface area contributed by atoms with Crippen LogP contribution in [0.15, 0.2) is 41.4 Å². The predicted octanol–water partition coefficient (Wildman–Crippen LogP) is 3.26. The highest BCUT2D eigenvalue weighted by atomic mass is 32.1. The smallest absolute Gasteiger partial charge is 0.227 e. The van der Waals surface area contributed by atoms with E-state index in [2.05, 4.69) is 62.2 Å². The highest BCUT2D eigenvalue weighted by molar-refractivity contribution is 7.07. The van der Waals surface area contributed by atoms with E-state index in [0.717, 1.165) is 38.2 Å². The number of amides is 1. The predicted molar refractivity (Wildman–Crippen MR) is 107 cm³/mol. The van der Waals surface area contributed by atoms with E-state index >= 15 is 0 Å². The van der Waals surface area contributed by atoms with Crippen molar-refractivity contribution in [3.05, 3.63) is 52.6 Å². The minimum atomic E-state index is 0.126. The van der Waals surface area contributed by atoms with Crippen molar-refractivity contribution in [1.82, 2.24) is 19.4 Å². The third-order valence-corrected chi connectivity index (χ3v) is 6.68. The summed E-state index contributed by atoms with van der Waals surface area (Å²) in [7, 11) is 2.09. The molecule has 0 saturated carbocycles. The van der Waals surface area contributed by atoms with Crippen LogP contribution in [0, 0.1) is 5.92 Å². The summed E-state index contributed by atoms with van der Waals surface area (Å²) in [5.41, 5.74) is 5.46. The molecule has 3 saturated heterocycles. The molecule has 140 valence electrons. The van der Waals surface area contributed by atoms with E-state index in [1.54, 1.807) is 11.3 Å². The molecule has 27 heavy (non-hydrogen) atoms. The monoisotopic (exact) mass is 380 g/mol. The van der Waals surface area contributed by atoms with Crippen LogP contribution in [-0.2, 0) is 24.9 Å². The van der Waals surface area contributed by atoms with Gasteiger partial charge in [0.05, 0.1) is 23.7 Å². The van der Waals surface area contributed by atoms with Crippen molar-refractivity contribution >= 4 is 28.1 Å². The molecule has 3 aromatic rings. The van der Waals surface area contributed by atoms with Crippen molar-refractivity contribution in [1.29, 1.82) is 0 Å². The Morgan fingerprint density at radius 3 is 2.96 bits per heavy atom. The lowest BCUT2D eigenvalue weighted by molar-refractivity contribution is -0.140. The highest BCUT2D eigenvalue weighted by Crippen LogP contribution is 2.31. The van der Waals surface area contributed by atoms with Gasteiger partial charge in [0.2, 0.25) is 5.91 Å². The second kappa shape index (κ2) is 6.77. The third kappa shape index (κ3) is 3.17. The van der Waals surface area contributed by atoms with Gasteiger partial charge in [-0.25, -0.2) is 4.98 Å². The van der Waals surface area contributed by atoms with Crippen molar-refractivity contribution in [2.45, 2.75) is 32.0 Å². The number of benzene rings is 1. The molecule has 0 N–H and O–H groups in total. The molecule has 0 radical (unpaired) electrons. The second-order valence-electron chi connectivity index (χ2n) is 7.89. The number of aryl methyl sites for hydroxylation is 1. The molecule has 5 heterocycles. The lowest BCUT2D eigenvalue weighted by Gasteiger charge is -2.35. The number of nitrogens with zero attached hydrogens (tertiary/aromatic N) is 4. The van der Waals surface area contributed by atoms with E-state index in [0.29, 0.717) is 18.5 Å². The molecule has 6 rings (SSSR count). The highest BCUT2D eigenvalue weighted by Gasteiger charge is 2.40. The molecule has 3 aliphatic rings. The number of hydrogen-bond donors (Lipinski definition) is 0. The van der Waals surface area contributed by atoms with Crippen molar-refractivity contribution < 1.29 is 4.79 Å². The number of piperidine rings is 1. The summed E-state index contributed by atoms with van der Waals surface area (Å²) in [6.45, 7) is 3.39. The Kier molecular flexibility index (Phi) is 4.25. The van der Waals surface area contributed by atoms with Gasteiger partial charge in [-0.3, -0.25) is 9.69 Å². The molecule has 1 aromatic carbocycles. The van der Waals surface area contributed by atoms with Gasteiger partial charge in [-0.15, -0.1) is 11.3 Å². The third-order valence-electron chi connectivity index (χ3n) is 6.04. The summed E-state index contributed by atoms with van der Waals surface area (Å²) in [5, 5.41) is 3.33. The Balaban J connectivity index is 1.35. The van der Waals surface area contributed by atoms with E-state index < -0.39 is 0 Å². The minimum absolute atomic E-state index is 0.126. The number of carbonyl (C=O) groups is 1. The molecule has 6 heteroatoms. The molecule has 3 fully saturated rings. The van der Waals surface area contributed by atoms with E-state index in [1.807, 2.05) is 5.51 Å². The van der Waals surface area contributed by atoms with Crippen LogP contribution >= 0.6 is 11.3 Å². The van der Waals surface area contributed by atoms with Crippen LogP contribution in [0.2, 0.25) is 0 Å². The van der Waals surface area contributed by atoms with Crippen LogP contribution in [0.1, 0.15) is 24.1 Å². The number of rotatable bonds is 4. The number of hydrogen-bond acceptors (Lipinski definition) is 4. The van der Waals surface area contributed by atoms with E-state index in [1.165, 1.54) is 16.5 Å². The van der Waals surface area contributed by atoms with Gasteiger partial charge in [-0.1, -0.05) is 12.1 Å². The van der Waals surface area contributed by atoms with Crippen LogP contribution in [0.5, 0.6) is 0 Å². The van der Waals surface area contributed by atoms with Gasteiger partial charge < -0.3 is 9.47 Å². The van der Waals surface area contributed by atoms with Crippen LogP contribution in [0.4, 0.5) is 0 Å². The molecule has 2 bridgehead atoms. The fourth-order valence-electron chi connectivity index (χ4n) is 4.62. The Hall–Kier alpha value is -2.18. The fraction of sp³-hybridized carbons (Fsp3) is 0.429. The number of fused-ring (bicyclic) bond motifs is 5.